The van der Waals surface area contributed by atoms with Gasteiger partial charge in [0.15, 0.2) is 0 Å². The SMILES string of the molecule is [CH2]CCCCCCCCCCCCCCC/C=C/C. The fourth-order valence-corrected chi connectivity index (χ4v) is 2.55. The van der Waals surface area contributed by atoms with Gasteiger partial charge in [-0.25, -0.2) is 0 Å². The van der Waals surface area contributed by atoms with Crippen LogP contribution in [0.5, 0.6) is 0 Å². The van der Waals surface area contributed by atoms with Crippen LogP contribution in [0.1, 0.15) is 103 Å². The van der Waals surface area contributed by atoms with Crippen LogP contribution in [0.3, 0.4) is 0 Å². The number of allylic oxidation sites excluding steroid dienone is 2. The van der Waals surface area contributed by atoms with Gasteiger partial charge in [-0.3, -0.25) is 0 Å². The van der Waals surface area contributed by atoms with Gasteiger partial charge in [-0.1, -0.05) is 103 Å². The van der Waals surface area contributed by atoms with Gasteiger partial charge < -0.3 is 0 Å². The number of hydrogen-bond acceptors (Lipinski definition) is 0. The first-order valence-corrected chi connectivity index (χ1v) is 8.82. The molecule has 0 aliphatic carbocycles. The second kappa shape index (κ2) is 17.7. The smallest absolute Gasteiger partial charge is 0.0351 e. The van der Waals surface area contributed by atoms with Crippen molar-refractivity contribution in [3.63, 3.8) is 0 Å². The summed E-state index contributed by atoms with van der Waals surface area (Å²) in [6, 6.07) is 0. The fraction of sp³-hybridized carbons (Fsp3) is 0.842. The zero-order valence-electron chi connectivity index (χ0n) is 13.5. The predicted molar refractivity (Wildman–Crippen MR) is 89.4 cm³/mol. The average molecular weight is 266 g/mol. The van der Waals surface area contributed by atoms with Crippen molar-refractivity contribution < 1.29 is 0 Å². The lowest BCUT2D eigenvalue weighted by Crippen LogP contribution is -1.83. The summed E-state index contributed by atoms with van der Waals surface area (Å²) in [6.45, 7) is 6.00. The van der Waals surface area contributed by atoms with Gasteiger partial charge >= 0.3 is 0 Å². The van der Waals surface area contributed by atoms with Crippen molar-refractivity contribution in [2.45, 2.75) is 103 Å². The van der Waals surface area contributed by atoms with Crippen molar-refractivity contribution in [3.8, 4) is 0 Å². The van der Waals surface area contributed by atoms with Gasteiger partial charge in [-0.05, 0) is 19.8 Å². The van der Waals surface area contributed by atoms with Gasteiger partial charge in [-0.15, -0.1) is 0 Å². The Hall–Kier alpha value is -0.260. The average Bonchev–Trinajstić information content (AvgIpc) is 2.43. The molecule has 0 bridgehead atoms. The first-order chi connectivity index (χ1) is 9.41. The summed E-state index contributed by atoms with van der Waals surface area (Å²) in [5, 5.41) is 0. The molecule has 0 saturated carbocycles. The molecule has 0 heteroatoms. The molecule has 0 aromatic rings. The Morgan fingerprint density at radius 1 is 0.579 bits per heavy atom. The van der Waals surface area contributed by atoms with Crippen LogP contribution in [-0.4, -0.2) is 0 Å². The quantitative estimate of drug-likeness (QED) is 0.216. The standard InChI is InChI=1S/C19H37/c1-3-5-7-9-11-13-15-17-19-18-16-14-12-10-8-6-4-2/h4,6H,1,3,5,7-19H2,2H3/b6-4+. The molecule has 113 valence electrons. The molecule has 0 amide bonds. The van der Waals surface area contributed by atoms with E-state index >= 15 is 0 Å². The maximum absolute atomic E-state index is 3.89. The minimum Gasteiger partial charge on any atom is -0.0917 e. The first-order valence-electron chi connectivity index (χ1n) is 8.82. The van der Waals surface area contributed by atoms with E-state index in [-0.39, 0.29) is 0 Å². The van der Waals surface area contributed by atoms with Crippen LogP contribution in [0.25, 0.3) is 0 Å². The van der Waals surface area contributed by atoms with Gasteiger partial charge in [0, 0.05) is 0 Å². The summed E-state index contributed by atoms with van der Waals surface area (Å²) in [7, 11) is 0. The lowest BCUT2D eigenvalue weighted by molar-refractivity contribution is 0.538. The summed E-state index contributed by atoms with van der Waals surface area (Å²) < 4.78 is 0. The highest BCUT2D eigenvalue weighted by atomic mass is 14.0. The molecule has 0 N–H and O–H groups in total. The minimum absolute atomic E-state index is 1.12. The zero-order valence-corrected chi connectivity index (χ0v) is 13.5. The molecule has 0 unspecified atom stereocenters. The molecule has 0 fully saturated rings. The van der Waals surface area contributed by atoms with Crippen molar-refractivity contribution in [2.24, 2.45) is 0 Å². The molecular formula is C19H37. The molecule has 0 aliphatic heterocycles. The lowest BCUT2D eigenvalue weighted by atomic mass is 10.0. The molecule has 0 saturated heterocycles. The minimum atomic E-state index is 1.12. The van der Waals surface area contributed by atoms with E-state index in [1.807, 2.05) is 0 Å². The molecule has 0 heterocycles. The van der Waals surface area contributed by atoms with E-state index in [9.17, 15) is 0 Å². The molecular weight excluding hydrogens is 228 g/mol. The van der Waals surface area contributed by atoms with E-state index in [2.05, 4.69) is 26.0 Å². The predicted octanol–water partition coefficient (Wildman–Crippen LogP) is 7.25. The van der Waals surface area contributed by atoms with Gasteiger partial charge in [-0.2, -0.15) is 0 Å². The van der Waals surface area contributed by atoms with Gasteiger partial charge in [0.05, 0.1) is 0 Å². The topological polar surface area (TPSA) is 0 Å². The second-order valence-electron chi connectivity index (χ2n) is 5.81. The van der Waals surface area contributed by atoms with Crippen molar-refractivity contribution in [1.82, 2.24) is 0 Å². The summed E-state index contributed by atoms with van der Waals surface area (Å²) in [6.07, 6.45) is 25.5. The maximum Gasteiger partial charge on any atom is -0.0351 e. The summed E-state index contributed by atoms with van der Waals surface area (Å²) in [5.74, 6) is 0. The van der Waals surface area contributed by atoms with E-state index < -0.39 is 0 Å². The number of unbranched alkanes of at least 4 members (excludes halogenated alkanes) is 14. The molecule has 0 aliphatic rings. The third-order valence-corrected chi connectivity index (χ3v) is 3.86. The molecule has 0 nitrogen and oxygen atoms in total. The monoisotopic (exact) mass is 265 g/mol. The number of hydrogen-bond donors (Lipinski definition) is 0. The molecule has 0 aromatic heterocycles. The number of rotatable bonds is 15. The normalized spacial score (nSPS) is 11.5. The zero-order chi connectivity index (χ0) is 14.0. The Morgan fingerprint density at radius 3 is 1.32 bits per heavy atom. The van der Waals surface area contributed by atoms with Crippen molar-refractivity contribution >= 4 is 0 Å². The summed E-state index contributed by atoms with van der Waals surface area (Å²) >= 11 is 0. The highest BCUT2D eigenvalue weighted by Gasteiger charge is 1.93. The van der Waals surface area contributed by atoms with Crippen LogP contribution in [0.4, 0.5) is 0 Å². The third kappa shape index (κ3) is 17.7. The van der Waals surface area contributed by atoms with E-state index in [0.29, 0.717) is 0 Å². The van der Waals surface area contributed by atoms with Crippen LogP contribution in [0.2, 0.25) is 0 Å². The van der Waals surface area contributed by atoms with Crippen LogP contribution in [-0.2, 0) is 0 Å². The molecule has 0 spiro atoms. The summed E-state index contributed by atoms with van der Waals surface area (Å²) in [4.78, 5) is 0. The lowest BCUT2D eigenvalue weighted by Gasteiger charge is -2.02. The molecule has 1 radical (unpaired) electrons. The van der Waals surface area contributed by atoms with E-state index in [0.717, 1.165) is 6.42 Å². The fourth-order valence-electron chi connectivity index (χ4n) is 2.55. The van der Waals surface area contributed by atoms with E-state index in [4.69, 9.17) is 0 Å². The molecule has 0 aromatic carbocycles. The van der Waals surface area contributed by atoms with Crippen LogP contribution < -0.4 is 0 Å². The second-order valence-corrected chi connectivity index (χ2v) is 5.81. The van der Waals surface area contributed by atoms with Crippen LogP contribution >= 0.6 is 0 Å². The van der Waals surface area contributed by atoms with E-state index in [1.54, 1.807) is 0 Å². The Labute approximate surface area is 123 Å². The van der Waals surface area contributed by atoms with E-state index in [1.165, 1.54) is 89.9 Å². The van der Waals surface area contributed by atoms with Crippen LogP contribution in [0, 0.1) is 6.92 Å². The van der Waals surface area contributed by atoms with Gasteiger partial charge in [0.25, 0.3) is 0 Å². The van der Waals surface area contributed by atoms with Crippen molar-refractivity contribution in [1.29, 1.82) is 0 Å². The highest BCUT2D eigenvalue weighted by molar-refractivity contribution is 4.76. The first kappa shape index (κ1) is 18.7. The molecule has 0 atom stereocenters. The van der Waals surface area contributed by atoms with Gasteiger partial charge in [0.1, 0.15) is 0 Å². The van der Waals surface area contributed by atoms with Crippen molar-refractivity contribution in [2.75, 3.05) is 0 Å². The van der Waals surface area contributed by atoms with Gasteiger partial charge in [0.2, 0.25) is 0 Å². The highest BCUT2D eigenvalue weighted by Crippen LogP contribution is 2.13. The Bertz CT molecular complexity index is 169. The summed E-state index contributed by atoms with van der Waals surface area (Å²) in [5.41, 5.74) is 0. The Balaban J connectivity index is 2.91. The molecule has 19 heavy (non-hydrogen) atoms. The Kier molecular flexibility index (Phi) is 17.5. The third-order valence-electron chi connectivity index (χ3n) is 3.86. The van der Waals surface area contributed by atoms with Crippen molar-refractivity contribution in [3.05, 3.63) is 19.1 Å². The maximum atomic E-state index is 3.89. The van der Waals surface area contributed by atoms with Crippen LogP contribution in [0.15, 0.2) is 12.2 Å². The largest absolute Gasteiger partial charge is 0.0917 e. The molecule has 0 rings (SSSR count). The Morgan fingerprint density at radius 2 is 0.947 bits per heavy atom.